The quantitative estimate of drug-likeness (QED) is 0.512. The second kappa shape index (κ2) is 4.64. The van der Waals surface area contributed by atoms with E-state index in [9.17, 15) is 9.59 Å². The van der Waals surface area contributed by atoms with Crippen molar-refractivity contribution in [1.82, 2.24) is 4.31 Å². The number of carbonyl (C=O) groups is 2. The molecule has 0 radical (unpaired) electrons. The van der Waals surface area contributed by atoms with Gasteiger partial charge in [-0.3, -0.25) is 0 Å². The molecule has 1 N–H and O–H groups in total. The SMILES string of the molecule is CC(=O)N([S-])C(C[SeH])C(=O)O. The molecule has 0 bridgehead atoms. The molecule has 0 aliphatic heterocycles. The summed E-state index contributed by atoms with van der Waals surface area (Å²) < 4.78 is 0.792. The van der Waals surface area contributed by atoms with Gasteiger partial charge in [0.15, 0.2) is 0 Å². The van der Waals surface area contributed by atoms with Crippen LogP contribution in [0.4, 0.5) is 0 Å². The second-order valence-electron chi connectivity index (χ2n) is 1.88. The van der Waals surface area contributed by atoms with Gasteiger partial charge in [-0.1, -0.05) is 0 Å². The van der Waals surface area contributed by atoms with E-state index in [4.69, 9.17) is 5.11 Å². The number of hydrogen-bond donors (Lipinski definition) is 1. The minimum absolute atomic E-state index is 0.269. The topological polar surface area (TPSA) is 57.6 Å². The zero-order valence-electron chi connectivity index (χ0n) is 5.85. The summed E-state index contributed by atoms with van der Waals surface area (Å²) in [6.45, 7) is 1.24. The van der Waals surface area contributed by atoms with Gasteiger partial charge in [-0.25, -0.2) is 0 Å². The van der Waals surface area contributed by atoms with Crippen LogP contribution >= 0.6 is 0 Å². The Hall–Kier alpha value is -0.191. The molecule has 4 nitrogen and oxygen atoms in total. The summed E-state index contributed by atoms with van der Waals surface area (Å²) in [7, 11) is 0. The average Bonchev–Trinajstić information content (AvgIpc) is 1.88. The van der Waals surface area contributed by atoms with Crippen molar-refractivity contribution in [2.75, 3.05) is 0 Å². The van der Waals surface area contributed by atoms with Gasteiger partial charge in [-0.05, 0) is 0 Å². The molecular formula is C5H8NO3SSe-. The molecule has 0 saturated heterocycles. The molecule has 0 heterocycles. The van der Waals surface area contributed by atoms with E-state index in [1.165, 1.54) is 6.92 Å². The summed E-state index contributed by atoms with van der Waals surface area (Å²) in [5.41, 5.74) is 0. The summed E-state index contributed by atoms with van der Waals surface area (Å²) in [4.78, 5) is 21.0. The Morgan fingerprint density at radius 3 is 2.27 bits per heavy atom. The van der Waals surface area contributed by atoms with Crippen molar-refractivity contribution in [2.45, 2.75) is 18.3 Å². The first-order valence-corrected chi connectivity index (χ1v) is 4.50. The molecule has 6 heteroatoms. The zero-order chi connectivity index (χ0) is 9.02. The molecule has 1 atom stereocenters. The van der Waals surface area contributed by atoms with Crippen molar-refractivity contribution in [3.05, 3.63) is 0 Å². The van der Waals surface area contributed by atoms with Crippen LogP contribution in [0.5, 0.6) is 0 Å². The van der Waals surface area contributed by atoms with Crippen LogP contribution in [0, 0.1) is 0 Å². The maximum absolute atomic E-state index is 10.6. The Balaban J connectivity index is 4.25. The Kier molecular flexibility index (Phi) is 4.56. The number of nitrogens with zero attached hydrogens (tertiary/aromatic N) is 1. The molecule has 0 saturated carbocycles. The summed E-state index contributed by atoms with van der Waals surface area (Å²) in [5, 5.41) is 8.79. The first-order valence-electron chi connectivity index (χ1n) is 2.81. The van der Waals surface area contributed by atoms with Gasteiger partial charge in [0, 0.05) is 0 Å². The second-order valence-corrected chi connectivity index (χ2v) is 3.04. The number of carbonyl (C=O) groups excluding carboxylic acids is 1. The summed E-state index contributed by atoms with van der Waals surface area (Å²) in [6, 6.07) is -0.900. The van der Waals surface area contributed by atoms with Crippen molar-refractivity contribution in [2.24, 2.45) is 0 Å². The van der Waals surface area contributed by atoms with Crippen molar-refractivity contribution in [3.8, 4) is 0 Å². The van der Waals surface area contributed by atoms with Crippen LogP contribution in [-0.2, 0) is 22.4 Å². The molecule has 0 fully saturated rings. The van der Waals surface area contributed by atoms with Gasteiger partial charge in [-0.15, -0.1) is 0 Å². The van der Waals surface area contributed by atoms with Crippen molar-refractivity contribution in [3.63, 3.8) is 0 Å². The molecule has 0 aliphatic rings. The number of amides is 1. The maximum atomic E-state index is 10.6. The van der Waals surface area contributed by atoms with Crippen LogP contribution < -0.4 is 0 Å². The third kappa shape index (κ3) is 3.14. The Bertz CT molecular complexity index is 175. The molecule has 0 spiro atoms. The van der Waals surface area contributed by atoms with Crippen LogP contribution in [0.25, 0.3) is 0 Å². The van der Waals surface area contributed by atoms with Crippen LogP contribution in [0.3, 0.4) is 0 Å². The predicted octanol–water partition coefficient (Wildman–Crippen LogP) is -0.931. The predicted molar refractivity (Wildman–Crippen MR) is 43.3 cm³/mol. The third-order valence-corrected chi connectivity index (χ3v) is 2.29. The van der Waals surface area contributed by atoms with Crippen molar-refractivity contribution >= 4 is 40.7 Å². The van der Waals surface area contributed by atoms with E-state index in [1.54, 1.807) is 0 Å². The van der Waals surface area contributed by atoms with E-state index in [0.29, 0.717) is 0 Å². The van der Waals surface area contributed by atoms with Gasteiger partial charge in [0.05, 0.1) is 0 Å². The van der Waals surface area contributed by atoms with Gasteiger partial charge >= 0.3 is 78.0 Å². The van der Waals surface area contributed by atoms with Crippen LogP contribution in [0.1, 0.15) is 6.92 Å². The molecule has 0 aromatic heterocycles. The Labute approximate surface area is 78.3 Å². The van der Waals surface area contributed by atoms with Crippen LogP contribution in [-0.4, -0.2) is 43.3 Å². The summed E-state index contributed by atoms with van der Waals surface area (Å²) in [5.74, 6) is -1.49. The minimum atomic E-state index is -1.07. The van der Waals surface area contributed by atoms with Crippen LogP contribution in [0.2, 0.25) is 5.32 Å². The fourth-order valence-electron chi connectivity index (χ4n) is 0.472. The molecule has 11 heavy (non-hydrogen) atoms. The van der Waals surface area contributed by atoms with Crippen molar-refractivity contribution < 1.29 is 14.7 Å². The van der Waals surface area contributed by atoms with Gasteiger partial charge in [0.2, 0.25) is 0 Å². The normalized spacial score (nSPS) is 12.3. The summed E-state index contributed by atoms with van der Waals surface area (Å²) >= 11 is 6.64. The fraction of sp³-hybridized carbons (Fsp3) is 0.600. The average molecular weight is 241 g/mol. The standard InChI is InChI=1S/C5H8NO3SSe/c1-3(7)6(10)4(2-11)5(8)9/h4,11H,2H2,1H3,(H,8,9)/q-1. The molecule has 64 valence electrons. The number of carboxylic acids is 1. The molecule has 0 aliphatic carbocycles. The van der Waals surface area contributed by atoms with Crippen molar-refractivity contribution in [1.29, 1.82) is 0 Å². The molecule has 0 aromatic carbocycles. The third-order valence-electron chi connectivity index (χ3n) is 1.05. The molecule has 0 aromatic rings. The first kappa shape index (κ1) is 10.8. The van der Waals surface area contributed by atoms with E-state index in [1.807, 2.05) is 0 Å². The van der Waals surface area contributed by atoms with Gasteiger partial charge in [0.25, 0.3) is 0 Å². The van der Waals surface area contributed by atoms with E-state index < -0.39 is 17.9 Å². The fourth-order valence-corrected chi connectivity index (χ4v) is 1.55. The first-order chi connectivity index (χ1) is 5.00. The van der Waals surface area contributed by atoms with E-state index in [-0.39, 0.29) is 5.32 Å². The number of aliphatic carboxylic acids is 1. The van der Waals surface area contributed by atoms with Gasteiger partial charge in [0.1, 0.15) is 0 Å². The monoisotopic (exact) mass is 242 g/mol. The molecule has 0 rings (SSSR count). The Morgan fingerprint density at radius 1 is 1.73 bits per heavy atom. The van der Waals surface area contributed by atoms with Gasteiger partial charge < -0.3 is 0 Å². The van der Waals surface area contributed by atoms with E-state index in [0.717, 1.165) is 4.31 Å². The Morgan fingerprint density at radius 2 is 2.18 bits per heavy atom. The number of carboxylic acid groups (broad SMARTS) is 1. The molecule has 1 unspecified atom stereocenters. The van der Waals surface area contributed by atoms with Crippen LogP contribution in [0.15, 0.2) is 0 Å². The van der Waals surface area contributed by atoms with E-state index in [2.05, 4.69) is 28.8 Å². The molecule has 1 amide bonds. The number of rotatable bonds is 3. The van der Waals surface area contributed by atoms with E-state index >= 15 is 0 Å². The zero-order valence-corrected chi connectivity index (χ0v) is 8.54. The molecular weight excluding hydrogens is 233 g/mol. The number of hydrogen-bond acceptors (Lipinski definition) is 3. The summed E-state index contributed by atoms with van der Waals surface area (Å²) in [6.07, 6.45) is 0. The van der Waals surface area contributed by atoms with Gasteiger partial charge in [-0.2, -0.15) is 0 Å².